The van der Waals surface area contributed by atoms with Gasteiger partial charge in [0.25, 0.3) is 5.91 Å². The van der Waals surface area contributed by atoms with Gasteiger partial charge in [0.05, 0.1) is 18.7 Å². The lowest BCUT2D eigenvalue weighted by Crippen LogP contribution is -2.29. The quantitative estimate of drug-likeness (QED) is 0.226. The number of amides is 1. The van der Waals surface area contributed by atoms with E-state index >= 15 is 0 Å². The van der Waals surface area contributed by atoms with Crippen molar-refractivity contribution in [1.29, 1.82) is 0 Å². The van der Waals surface area contributed by atoms with Gasteiger partial charge in [0.1, 0.15) is 17.3 Å². The molecule has 6 rings (SSSR count). The highest BCUT2D eigenvalue weighted by molar-refractivity contribution is 6.30. The van der Waals surface area contributed by atoms with Crippen molar-refractivity contribution in [1.82, 2.24) is 14.3 Å². The van der Waals surface area contributed by atoms with Gasteiger partial charge in [0, 0.05) is 34.6 Å². The Balaban J connectivity index is 1.43. The third-order valence-electron chi connectivity index (χ3n) is 7.54. The fourth-order valence-electron chi connectivity index (χ4n) is 5.56. The van der Waals surface area contributed by atoms with Crippen molar-refractivity contribution >= 4 is 28.7 Å². The summed E-state index contributed by atoms with van der Waals surface area (Å²) < 4.78 is 7.20. The number of carbonyl (C=O) groups is 1. The van der Waals surface area contributed by atoms with E-state index in [2.05, 4.69) is 29.4 Å². The Bertz CT molecular complexity index is 1730. The van der Waals surface area contributed by atoms with E-state index in [0.717, 1.165) is 33.8 Å². The average Bonchev–Trinajstić information content (AvgIpc) is 3.43. The van der Waals surface area contributed by atoms with Gasteiger partial charge in [-0.25, -0.2) is 4.98 Å². The smallest absolute Gasteiger partial charge is 0.255 e. The maximum atomic E-state index is 13.9. The second kappa shape index (κ2) is 10.3. The number of nitrogens with zero attached hydrogens (tertiary/aromatic N) is 3. The van der Waals surface area contributed by atoms with Gasteiger partial charge < -0.3 is 24.5 Å². The molecule has 0 saturated carbocycles. The molecule has 0 spiro atoms. The number of anilines is 1. The van der Waals surface area contributed by atoms with E-state index in [0.29, 0.717) is 34.0 Å². The van der Waals surface area contributed by atoms with E-state index in [4.69, 9.17) is 16.3 Å². The van der Waals surface area contributed by atoms with Crippen LogP contribution in [0.4, 0.5) is 5.69 Å². The number of pyridine rings is 1. The number of aliphatic hydroxyl groups excluding tert-OH is 1. The van der Waals surface area contributed by atoms with Crippen LogP contribution in [0.3, 0.4) is 0 Å². The van der Waals surface area contributed by atoms with E-state index in [1.165, 1.54) is 0 Å². The van der Waals surface area contributed by atoms with Crippen molar-refractivity contribution < 1.29 is 14.6 Å². The van der Waals surface area contributed by atoms with Gasteiger partial charge in [-0.15, -0.1) is 0 Å². The highest BCUT2D eigenvalue weighted by Gasteiger charge is 2.40. The van der Waals surface area contributed by atoms with Gasteiger partial charge in [-0.2, -0.15) is 0 Å². The molecule has 3 heterocycles. The summed E-state index contributed by atoms with van der Waals surface area (Å²) in [6.07, 6.45) is 0.706. The van der Waals surface area contributed by atoms with Crippen LogP contribution in [0.1, 0.15) is 56.4 Å². The molecule has 8 heteroatoms. The number of halogens is 1. The first kappa shape index (κ1) is 25.9. The topological polar surface area (TPSA) is 79.1 Å². The minimum Gasteiger partial charge on any atom is -0.497 e. The molecule has 2 N–H and O–H groups in total. The lowest BCUT2D eigenvalue weighted by molar-refractivity contribution is 0.0735. The molecule has 0 saturated heterocycles. The van der Waals surface area contributed by atoms with Crippen LogP contribution in [0.5, 0.6) is 5.75 Å². The number of fused-ring (bicyclic) bond motifs is 2. The zero-order valence-electron chi connectivity index (χ0n) is 22.4. The molecule has 1 aliphatic rings. The van der Waals surface area contributed by atoms with E-state index in [9.17, 15) is 9.90 Å². The molecule has 2 atom stereocenters. The Morgan fingerprint density at radius 3 is 2.58 bits per heavy atom. The summed E-state index contributed by atoms with van der Waals surface area (Å²) in [6.45, 7) is 4.35. The van der Waals surface area contributed by atoms with Crippen molar-refractivity contribution in [2.24, 2.45) is 0 Å². The van der Waals surface area contributed by atoms with E-state index in [-0.39, 0.29) is 11.9 Å². The molecule has 40 heavy (non-hydrogen) atoms. The van der Waals surface area contributed by atoms with Gasteiger partial charge >= 0.3 is 0 Å². The summed E-state index contributed by atoms with van der Waals surface area (Å²) in [6, 6.07) is 24.7. The molecule has 7 nitrogen and oxygen atoms in total. The van der Waals surface area contributed by atoms with Gasteiger partial charge in [-0.1, -0.05) is 54.1 Å². The molecule has 202 valence electrons. The number of hydrogen-bond acceptors (Lipinski definition) is 5. The third-order valence-corrected chi connectivity index (χ3v) is 7.77. The van der Waals surface area contributed by atoms with Crippen LogP contribution in [0.2, 0.25) is 5.02 Å². The minimum absolute atomic E-state index is 0.0627. The van der Waals surface area contributed by atoms with Crippen LogP contribution in [0, 0.1) is 13.8 Å². The van der Waals surface area contributed by atoms with Crippen molar-refractivity contribution in [3.05, 3.63) is 129 Å². The number of rotatable bonds is 7. The number of aryl methyl sites for hydroxylation is 2. The summed E-state index contributed by atoms with van der Waals surface area (Å²) in [5.74, 6) is 1.44. The number of aromatic nitrogens is 2. The van der Waals surface area contributed by atoms with Crippen LogP contribution in [0.15, 0.2) is 85.1 Å². The monoisotopic (exact) mass is 552 g/mol. The summed E-state index contributed by atoms with van der Waals surface area (Å²) >= 11 is 6.27. The van der Waals surface area contributed by atoms with E-state index in [1.807, 2.05) is 77.0 Å². The predicted octanol–water partition coefficient (Wildman–Crippen LogP) is 6.46. The number of aliphatic hydroxyl groups is 1. The van der Waals surface area contributed by atoms with Crippen molar-refractivity contribution in [3.63, 3.8) is 0 Å². The molecule has 0 bridgehead atoms. The van der Waals surface area contributed by atoms with E-state index < -0.39 is 6.23 Å². The molecule has 3 aromatic carbocycles. The second-order valence-corrected chi connectivity index (χ2v) is 10.4. The molecular weight excluding hydrogens is 524 g/mol. The van der Waals surface area contributed by atoms with Crippen molar-refractivity contribution in [2.75, 3.05) is 12.4 Å². The summed E-state index contributed by atoms with van der Waals surface area (Å²) in [5, 5.41) is 15.2. The summed E-state index contributed by atoms with van der Waals surface area (Å²) in [5.41, 5.74) is 6.38. The van der Waals surface area contributed by atoms with Gasteiger partial charge in [-0.3, -0.25) is 4.79 Å². The zero-order valence-corrected chi connectivity index (χ0v) is 23.2. The molecule has 0 fully saturated rings. The largest absolute Gasteiger partial charge is 0.497 e. The fourth-order valence-corrected chi connectivity index (χ4v) is 5.72. The van der Waals surface area contributed by atoms with Crippen molar-refractivity contribution in [2.45, 2.75) is 32.7 Å². The lowest BCUT2D eigenvalue weighted by atomic mass is 9.93. The molecule has 5 aromatic rings. The van der Waals surface area contributed by atoms with Crippen LogP contribution in [0.25, 0.3) is 5.52 Å². The standard InChI is InChI=1S/C32H29ClN4O3/c1-19-7-4-5-8-24(19)30-28-25(32(39)37(30)18-21-11-13-23(40-3)14-12-21)9-6-10-26(28)35-31(38)29-27-17-22(33)15-16-36(27)20(2)34-29/h4-17,30-31,35,38H,18H2,1-3H3. The Kier molecular flexibility index (Phi) is 6.70. The Morgan fingerprint density at radius 2 is 1.82 bits per heavy atom. The normalized spacial score (nSPS) is 15.4. The Hall–Kier alpha value is -4.33. The summed E-state index contributed by atoms with van der Waals surface area (Å²) in [4.78, 5) is 20.4. The first-order chi connectivity index (χ1) is 19.4. The Morgan fingerprint density at radius 1 is 1.05 bits per heavy atom. The number of imidazole rings is 1. The number of nitrogens with one attached hydrogen (secondary N) is 1. The molecule has 1 aliphatic heterocycles. The number of ether oxygens (including phenoxy) is 1. The summed E-state index contributed by atoms with van der Waals surface area (Å²) in [7, 11) is 1.63. The molecule has 2 aromatic heterocycles. The molecule has 0 aliphatic carbocycles. The van der Waals surface area contributed by atoms with Crippen LogP contribution in [-0.2, 0) is 6.54 Å². The van der Waals surface area contributed by atoms with Gasteiger partial charge in [0.15, 0.2) is 6.23 Å². The van der Waals surface area contributed by atoms with E-state index in [1.54, 1.807) is 19.2 Å². The first-order valence-electron chi connectivity index (χ1n) is 13.1. The van der Waals surface area contributed by atoms with Crippen LogP contribution >= 0.6 is 11.6 Å². The van der Waals surface area contributed by atoms with Gasteiger partial charge in [0.2, 0.25) is 0 Å². The predicted molar refractivity (Wildman–Crippen MR) is 156 cm³/mol. The SMILES string of the molecule is COc1ccc(CN2C(=O)c3cccc(NC(O)c4nc(C)n5ccc(Cl)cc45)c3C2c2ccccc2C)cc1. The maximum absolute atomic E-state index is 13.9. The number of methoxy groups -OCH3 is 1. The van der Waals surface area contributed by atoms with Crippen LogP contribution < -0.4 is 10.1 Å². The number of carbonyl (C=O) groups excluding carboxylic acids is 1. The average molecular weight is 553 g/mol. The first-order valence-corrected chi connectivity index (χ1v) is 13.4. The third kappa shape index (κ3) is 4.47. The Labute approximate surface area is 237 Å². The minimum atomic E-state index is -1.13. The van der Waals surface area contributed by atoms with Gasteiger partial charge in [-0.05, 0) is 66.9 Å². The van der Waals surface area contributed by atoms with Crippen LogP contribution in [-0.4, -0.2) is 32.4 Å². The molecule has 0 radical (unpaired) electrons. The van der Waals surface area contributed by atoms with Crippen molar-refractivity contribution in [3.8, 4) is 5.75 Å². The number of benzene rings is 3. The fraction of sp³-hybridized carbons (Fsp3) is 0.188. The zero-order chi connectivity index (χ0) is 28.0. The molecular formula is C32H29ClN4O3. The number of hydrogen-bond donors (Lipinski definition) is 2. The lowest BCUT2D eigenvalue weighted by Gasteiger charge is -2.28. The molecule has 1 amide bonds. The molecule has 2 unspecified atom stereocenters. The highest BCUT2D eigenvalue weighted by Crippen LogP contribution is 2.45. The maximum Gasteiger partial charge on any atom is 0.255 e. The second-order valence-electron chi connectivity index (χ2n) is 10.00. The highest BCUT2D eigenvalue weighted by atomic mass is 35.5.